The number of carboxylic acid groups (broad SMARTS) is 1. The van der Waals surface area contributed by atoms with E-state index in [1.54, 1.807) is 12.2 Å². The summed E-state index contributed by atoms with van der Waals surface area (Å²) in [6.45, 7) is 0. The highest BCUT2D eigenvalue weighted by molar-refractivity contribution is 5.95. The molecular formula is C14H12F2NO3-. The maximum absolute atomic E-state index is 13.0. The molecule has 20 heavy (non-hydrogen) atoms. The number of rotatable bonds is 3. The molecule has 1 amide bonds. The van der Waals surface area contributed by atoms with Crippen molar-refractivity contribution in [3.8, 4) is 0 Å². The van der Waals surface area contributed by atoms with Gasteiger partial charge < -0.3 is 15.2 Å². The number of aliphatic carboxylic acids is 1. The Kier molecular flexibility index (Phi) is 4.12. The second-order valence-corrected chi connectivity index (χ2v) is 4.59. The van der Waals surface area contributed by atoms with Crippen molar-refractivity contribution in [2.24, 2.45) is 11.8 Å². The fraction of sp³-hybridized carbons (Fsp3) is 0.286. The van der Waals surface area contributed by atoms with E-state index < -0.39 is 35.3 Å². The molecule has 0 saturated carbocycles. The summed E-state index contributed by atoms with van der Waals surface area (Å²) >= 11 is 0. The zero-order chi connectivity index (χ0) is 14.7. The van der Waals surface area contributed by atoms with E-state index in [1.165, 1.54) is 6.07 Å². The van der Waals surface area contributed by atoms with E-state index in [0.29, 0.717) is 0 Å². The van der Waals surface area contributed by atoms with Gasteiger partial charge in [0, 0.05) is 23.6 Å². The highest BCUT2D eigenvalue weighted by Crippen LogP contribution is 2.26. The third-order valence-electron chi connectivity index (χ3n) is 3.26. The summed E-state index contributed by atoms with van der Waals surface area (Å²) < 4.78 is 25.8. The van der Waals surface area contributed by atoms with Gasteiger partial charge in [-0.1, -0.05) is 12.2 Å². The summed E-state index contributed by atoms with van der Waals surface area (Å²) in [6.07, 6.45) is 3.89. The van der Waals surface area contributed by atoms with Crippen molar-refractivity contribution in [1.82, 2.24) is 0 Å². The van der Waals surface area contributed by atoms with Crippen LogP contribution in [0.2, 0.25) is 0 Å². The van der Waals surface area contributed by atoms with Crippen LogP contribution in [0.1, 0.15) is 12.8 Å². The first-order valence-corrected chi connectivity index (χ1v) is 6.11. The number of hydrogen-bond donors (Lipinski definition) is 1. The van der Waals surface area contributed by atoms with Crippen LogP contribution in [0.4, 0.5) is 14.5 Å². The molecule has 1 N–H and O–H groups in total. The van der Waals surface area contributed by atoms with Crippen molar-refractivity contribution < 1.29 is 23.5 Å². The van der Waals surface area contributed by atoms with Crippen LogP contribution in [0, 0.1) is 23.5 Å². The number of hydrogen-bond acceptors (Lipinski definition) is 3. The molecule has 6 heteroatoms. The molecule has 0 aromatic heterocycles. The Balaban J connectivity index is 2.12. The van der Waals surface area contributed by atoms with Gasteiger partial charge in [0.2, 0.25) is 5.91 Å². The second-order valence-electron chi connectivity index (χ2n) is 4.59. The van der Waals surface area contributed by atoms with E-state index in [9.17, 15) is 23.5 Å². The van der Waals surface area contributed by atoms with Gasteiger partial charge in [-0.25, -0.2) is 8.78 Å². The first kappa shape index (κ1) is 14.2. The summed E-state index contributed by atoms with van der Waals surface area (Å²) in [5.41, 5.74) is 0.0838. The normalized spacial score (nSPS) is 21.5. The van der Waals surface area contributed by atoms with Crippen molar-refractivity contribution in [3.63, 3.8) is 0 Å². The van der Waals surface area contributed by atoms with Gasteiger partial charge >= 0.3 is 0 Å². The molecule has 0 unspecified atom stereocenters. The lowest BCUT2D eigenvalue weighted by Gasteiger charge is -2.28. The van der Waals surface area contributed by atoms with Gasteiger partial charge in [-0.15, -0.1) is 0 Å². The predicted octanol–water partition coefficient (Wildman–Crippen LogP) is 1.24. The smallest absolute Gasteiger partial charge is 0.228 e. The minimum Gasteiger partial charge on any atom is -0.550 e. The third-order valence-corrected chi connectivity index (χ3v) is 3.26. The topological polar surface area (TPSA) is 69.2 Å². The molecule has 106 valence electrons. The van der Waals surface area contributed by atoms with Crippen LogP contribution in [0.3, 0.4) is 0 Å². The highest BCUT2D eigenvalue weighted by Gasteiger charge is 2.29. The fourth-order valence-corrected chi connectivity index (χ4v) is 2.17. The molecule has 0 radical (unpaired) electrons. The maximum atomic E-state index is 13.0. The van der Waals surface area contributed by atoms with Crippen molar-refractivity contribution in [2.45, 2.75) is 12.8 Å². The van der Waals surface area contributed by atoms with Gasteiger partial charge in [0.25, 0.3) is 0 Å². The monoisotopic (exact) mass is 280 g/mol. The summed E-state index contributed by atoms with van der Waals surface area (Å²) in [4.78, 5) is 23.0. The van der Waals surface area contributed by atoms with Crippen molar-refractivity contribution >= 4 is 17.6 Å². The minimum atomic E-state index is -1.29. The van der Waals surface area contributed by atoms with E-state index in [0.717, 1.165) is 12.1 Å². The predicted molar refractivity (Wildman–Crippen MR) is 65.3 cm³/mol. The average Bonchev–Trinajstić information content (AvgIpc) is 2.43. The second kappa shape index (κ2) is 5.81. The molecule has 0 saturated heterocycles. The molecule has 1 aliphatic carbocycles. The van der Waals surface area contributed by atoms with Crippen molar-refractivity contribution in [1.29, 1.82) is 0 Å². The summed E-state index contributed by atoms with van der Waals surface area (Å²) in [7, 11) is 0. The van der Waals surface area contributed by atoms with Crippen LogP contribution in [0.25, 0.3) is 0 Å². The van der Waals surface area contributed by atoms with Gasteiger partial charge in [0.15, 0.2) is 11.6 Å². The van der Waals surface area contributed by atoms with E-state index in [1.807, 2.05) is 0 Å². The number of carbonyl (C=O) groups is 2. The first-order valence-electron chi connectivity index (χ1n) is 6.11. The van der Waals surface area contributed by atoms with Crippen LogP contribution in [0.5, 0.6) is 0 Å². The van der Waals surface area contributed by atoms with Crippen molar-refractivity contribution in [3.05, 3.63) is 42.0 Å². The van der Waals surface area contributed by atoms with Gasteiger partial charge in [-0.2, -0.15) is 0 Å². The number of carboxylic acids is 1. The Bertz CT molecular complexity index is 572. The molecule has 4 nitrogen and oxygen atoms in total. The molecule has 1 aromatic carbocycles. The maximum Gasteiger partial charge on any atom is 0.228 e. The number of amides is 1. The van der Waals surface area contributed by atoms with Crippen LogP contribution in [0.15, 0.2) is 30.4 Å². The van der Waals surface area contributed by atoms with Gasteiger partial charge in [0.05, 0.1) is 5.92 Å². The van der Waals surface area contributed by atoms with E-state index in [2.05, 4.69) is 5.32 Å². The number of anilines is 1. The first-order chi connectivity index (χ1) is 9.49. The minimum absolute atomic E-state index is 0.0838. The highest BCUT2D eigenvalue weighted by atomic mass is 19.2. The van der Waals surface area contributed by atoms with E-state index >= 15 is 0 Å². The third kappa shape index (κ3) is 3.01. The zero-order valence-corrected chi connectivity index (χ0v) is 10.4. The lowest BCUT2D eigenvalue weighted by molar-refractivity contribution is -0.313. The molecule has 1 aliphatic rings. The SMILES string of the molecule is O=C(Nc1ccc(F)c(F)c1)[C@H]1CC=CC[C@H]1C(=O)[O-]. The van der Waals surface area contributed by atoms with Gasteiger partial charge in [-0.05, 0) is 25.0 Å². The lowest BCUT2D eigenvalue weighted by atomic mass is 9.82. The summed E-state index contributed by atoms with van der Waals surface area (Å²) in [5, 5.41) is 13.4. The number of carbonyl (C=O) groups excluding carboxylic acids is 2. The Morgan fingerprint density at radius 2 is 1.75 bits per heavy atom. The number of nitrogens with one attached hydrogen (secondary N) is 1. The molecule has 0 aliphatic heterocycles. The largest absolute Gasteiger partial charge is 0.550 e. The number of allylic oxidation sites excluding steroid dienone is 2. The summed E-state index contributed by atoms with van der Waals surface area (Å²) in [6, 6.07) is 2.95. The molecule has 2 rings (SSSR count). The quantitative estimate of drug-likeness (QED) is 0.847. The molecule has 0 heterocycles. The Hall–Kier alpha value is -2.24. The fourth-order valence-electron chi connectivity index (χ4n) is 2.17. The molecule has 0 spiro atoms. The van der Waals surface area contributed by atoms with Crippen LogP contribution in [-0.4, -0.2) is 11.9 Å². The Morgan fingerprint density at radius 3 is 2.35 bits per heavy atom. The van der Waals surface area contributed by atoms with Crippen LogP contribution >= 0.6 is 0 Å². The summed E-state index contributed by atoms with van der Waals surface area (Å²) in [5.74, 6) is -5.63. The molecule has 2 atom stereocenters. The van der Waals surface area contributed by atoms with Crippen molar-refractivity contribution in [2.75, 3.05) is 5.32 Å². The number of benzene rings is 1. The van der Waals surface area contributed by atoms with Crippen LogP contribution in [-0.2, 0) is 9.59 Å². The van der Waals surface area contributed by atoms with Gasteiger partial charge in [0.1, 0.15) is 0 Å². The average molecular weight is 280 g/mol. The molecular weight excluding hydrogens is 268 g/mol. The van der Waals surface area contributed by atoms with Crippen LogP contribution < -0.4 is 10.4 Å². The molecule has 0 fully saturated rings. The molecule has 0 bridgehead atoms. The van der Waals surface area contributed by atoms with E-state index in [4.69, 9.17) is 0 Å². The van der Waals surface area contributed by atoms with Gasteiger partial charge in [-0.3, -0.25) is 4.79 Å². The lowest BCUT2D eigenvalue weighted by Crippen LogP contribution is -2.41. The Morgan fingerprint density at radius 1 is 1.10 bits per heavy atom. The van der Waals surface area contributed by atoms with E-state index in [-0.39, 0.29) is 18.5 Å². The zero-order valence-electron chi connectivity index (χ0n) is 10.4. The standard InChI is InChI=1S/C14H13F2NO3/c15-11-6-5-8(7-12(11)16)17-13(18)9-3-1-2-4-10(9)14(19)20/h1-2,5-7,9-10H,3-4H2,(H,17,18)(H,19,20)/p-1/t9-,10+/m0/s1. The molecule has 1 aromatic rings. The number of halogens is 2. The Labute approximate surface area is 114 Å².